The van der Waals surface area contributed by atoms with Gasteiger partial charge in [0.25, 0.3) is 0 Å². The van der Waals surface area contributed by atoms with Crippen LogP contribution in [0.4, 0.5) is 0 Å². The molecule has 3 rings (SSSR count). The Bertz CT molecular complexity index is 636. The second-order valence-electron chi connectivity index (χ2n) is 6.49. The molecule has 0 radical (unpaired) electrons. The lowest BCUT2D eigenvalue weighted by Crippen LogP contribution is -2.41. The molecule has 122 valence electrons. The topological polar surface area (TPSA) is 41.4 Å². The smallest absolute Gasteiger partial charge is 0.222 e. The maximum atomic E-state index is 11.6. The molecule has 5 heteroatoms. The number of benzene rings is 1. The minimum absolute atomic E-state index is 0.276. The van der Waals surface area contributed by atoms with Gasteiger partial charge in [-0.15, -0.1) is 0 Å². The zero-order valence-electron chi connectivity index (χ0n) is 13.9. The van der Waals surface area contributed by atoms with Crippen molar-refractivity contribution in [3.05, 3.63) is 48.3 Å². The monoisotopic (exact) mass is 312 g/mol. The average Bonchev–Trinajstić information content (AvgIpc) is 3.06. The third-order valence-electron chi connectivity index (χ3n) is 4.45. The molecule has 23 heavy (non-hydrogen) atoms. The van der Waals surface area contributed by atoms with E-state index in [4.69, 9.17) is 0 Å². The number of piperidine rings is 1. The summed E-state index contributed by atoms with van der Waals surface area (Å²) >= 11 is 0. The maximum absolute atomic E-state index is 11.6. The molecular weight excluding hydrogens is 288 g/mol. The summed E-state index contributed by atoms with van der Waals surface area (Å²) in [6.07, 6.45) is 5.43. The molecule has 0 N–H and O–H groups in total. The first-order valence-corrected chi connectivity index (χ1v) is 8.13. The van der Waals surface area contributed by atoms with Crippen molar-refractivity contribution in [1.82, 2.24) is 19.6 Å². The van der Waals surface area contributed by atoms with E-state index in [-0.39, 0.29) is 5.91 Å². The molecule has 1 aliphatic heterocycles. The summed E-state index contributed by atoms with van der Waals surface area (Å²) < 4.78 is 1.86. The van der Waals surface area contributed by atoms with Gasteiger partial charge < -0.3 is 9.80 Å². The molecule has 2 heterocycles. The Labute approximate surface area is 137 Å². The standard InChI is InChI=1S/C18H24N4O/c1-20(13-16-6-9-18(23)21(2)14-16)12-15-4-7-17(8-5-15)22-11-3-10-19-22/h3-5,7-8,10-11,16H,6,9,12-14H2,1-2H3. The van der Waals surface area contributed by atoms with Crippen molar-refractivity contribution in [3.63, 3.8) is 0 Å². The Balaban J connectivity index is 1.53. The fourth-order valence-corrected chi connectivity index (χ4v) is 3.24. The van der Waals surface area contributed by atoms with Gasteiger partial charge in [0.1, 0.15) is 0 Å². The molecular formula is C18H24N4O. The van der Waals surface area contributed by atoms with Gasteiger partial charge in [0.05, 0.1) is 5.69 Å². The molecule has 1 unspecified atom stereocenters. The summed E-state index contributed by atoms with van der Waals surface area (Å²) in [5, 5.41) is 4.24. The van der Waals surface area contributed by atoms with Gasteiger partial charge >= 0.3 is 0 Å². The summed E-state index contributed by atoms with van der Waals surface area (Å²) in [6, 6.07) is 10.4. The molecule has 1 aromatic carbocycles. The van der Waals surface area contributed by atoms with Crippen molar-refractivity contribution in [2.45, 2.75) is 19.4 Å². The van der Waals surface area contributed by atoms with Crippen molar-refractivity contribution < 1.29 is 4.79 Å². The van der Waals surface area contributed by atoms with E-state index in [1.165, 1.54) is 5.56 Å². The zero-order valence-corrected chi connectivity index (χ0v) is 13.9. The number of hydrogen-bond acceptors (Lipinski definition) is 3. The number of aromatic nitrogens is 2. The van der Waals surface area contributed by atoms with E-state index in [1.807, 2.05) is 28.9 Å². The Kier molecular flexibility index (Phi) is 4.76. The van der Waals surface area contributed by atoms with Gasteiger partial charge in [-0.1, -0.05) is 12.1 Å². The molecule has 0 spiro atoms. The van der Waals surface area contributed by atoms with E-state index >= 15 is 0 Å². The van der Waals surface area contributed by atoms with Crippen molar-refractivity contribution in [2.24, 2.45) is 5.92 Å². The third kappa shape index (κ3) is 3.99. The lowest BCUT2D eigenvalue weighted by atomic mass is 9.97. The van der Waals surface area contributed by atoms with Crippen LogP contribution in [0.25, 0.3) is 5.69 Å². The van der Waals surface area contributed by atoms with Gasteiger partial charge in [-0.05, 0) is 43.1 Å². The number of carbonyl (C=O) groups is 1. The third-order valence-corrected chi connectivity index (χ3v) is 4.45. The molecule has 1 aromatic heterocycles. The lowest BCUT2D eigenvalue weighted by Gasteiger charge is -2.32. The Morgan fingerprint density at radius 3 is 2.74 bits per heavy atom. The molecule has 0 bridgehead atoms. The van der Waals surface area contributed by atoms with E-state index in [0.717, 1.165) is 31.7 Å². The molecule has 0 aliphatic carbocycles. The van der Waals surface area contributed by atoms with Gasteiger partial charge in [0.2, 0.25) is 5.91 Å². The van der Waals surface area contributed by atoms with E-state index < -0.39 is 0 Å². The van der Waals surface area contributed by atoms with Gasteiger partial charge in [-0.2, -0.15) is 5.10 Å². The van der Waals surface area contributed by atoms with Crippen molar-refractivity contribution in [2.75, 3.05) is 27.2 Å². The number of likely N-dealkylation sites (tertiary alicyclic amines) is 1. The van der Waals surface area contributed by atoms with Crippen LogP contribution in [-0.2, 0) is 11.3 Å². The van der Waals surface area contributed by atoms with Crippen LogP contribution in [0.15, 0.2) is 42.7 Å². The second kappa shape index (κ2) is 6.96. The molecule has 1 saturated heterocycles. The first-order valence-electron chi connectivity index (χ1n) is 8.13. The quantitative estimate of drug-likeness (QED) is 0.850. The minimum atomic E-state index is 0.276. The van der Waals surface area contributed by atoms with E-state index in [9.17, 15) is 4.79 Å². The highest BCUT2D eigenvalue weighted by Crippen LogP contribution is 2.18. The second-order valence-corrected chi connectivity index (χ2v) is 6.49. The number of rotatable bonds is 5. The number of nitrogens with zero attached hydrogens (tertiary/aromatic N) is 4. The molecule has 1 atom stereocenters. The average molecular weight is 312 g/mol. The SMILES string of the molecule is CN(Cc1ccc(-n2cccn2)cc1)CC1CCC(=O)N(C)C1. The van der Waals surface area contributed by atoms with Gasteiger partial charge in [0, 0.05) is 45.5 Å². The molecule has 5 nitrogen and oxygen atoms in total. The number of amides is 1. The zero-order chi connectivity index (χ0) is 16.2. The first-order chi connectivity index (χ1) is 11.1. The molecule has 1 amide bonds. The van der Waals surface area contributed by atoms with Crippen LogP contribution in [0.2, 0.25) is 0 Å². The normalized spacial score (nSPS) is 18.7. The minimum Gasteiger partial charge on any atom is -0.345 e. The van der Waals surface area contributed by atoms with Crippen LogP contribution in [0, 0.1) is 5.92 Å². The molecule has 1 fully saturated rings. The van der Waals surface area contributed by atoms with Gasteiger partial charge in [0.15, 0.2) is 0 Å². The predicted molar refractivity (Wildman–Crippen MR) is 90.3 cm³/mol. The Hall–Kier alpha value is -2.14. The summed E-state index contributed by atoms with van der Waals surface area (Å²) in [5.74, 6) is 0.851. The van der Waals surface area contributed by atoms with Crippen LogP contribution >= 0.6 is 0 Å². The lowest BCUT2D eigenvalue weighted by molar-refractivity contribution is -0.133. The Morgan fingerprint density at radius 2 is 2.09 bits per heavy atom. The van der Waals surface area contributed by atoms with Crippen molar-refractivity contribution >= 4 is 5.91 Å². The summed E-state index contributed by atoms with van der Waals surface area (Å²) in [5.41, 5.74) is 2.37. The fraction of sp³-hybridized carbons (Fsp3) is 0.444. The Morgan fingerprint density at radius 1 is 1.30 bits per heavy atom. The van der Waals surface area contributed by atoms with Crippen LogP contribution < -0.4 is 0 Å². The van der Waals surface area contributed by atoms with E-state index in [2.05, 4.69) is 41.3 Å². The van der Waals surface area contributed by atoms with E-state index in [0.29, 0.717) is 12.3 Å². The number of hydrogen-bond donors (Lipinski definition) is 0. The maximum Gasteiger partial charge on any atom is 0.222 e. The van der Waals surface area contributed by atoms with Crippen molar-refractivity contribution in [1.29, 1.82) is 0 Å². The van der Waals surface area contributed by atoms with Crippen molar-refractivity contribution in [3.8, 4) is 5.69 Å². The molecule has 1 aliphatic rings. The molecule has 2 aromatic rings. The fourth-order valence-electron chi connectivity index (χ4n) is 3.24. The van der Waals surface area contributed by atoms with E-state index in [1.54, 1.807) is 6.20 Å². The van der Waals surface area contributed by atoms with Gasteiger partial charge in [-0.25, -0.2) is 4.68 Å². The van der Waals surface area contributed by atoms with Crippen LogP contribution in [0.1, 0.15) is 18.4 Å². The highest BCUT2D eigenvalue weighted by molar-refractivity contribution is 5.76. The number of carbonyl (C=O) groups excluding carboxylic acids is 1. The summed E-state index contributed by atoms with van der Waals surface area (Å²) in [7, 11) is 4.06. The summed E-state index contributed by atoms with van der Waals surface area (Å²) in [6.45, 7) is 2.83. The van der Waals surface area contributed by atoms with Crippen LogP contribution in [0.5, 0.6) is 0 Å². The highest BCUT2D eigenvalue weighted by atomic mass is 16.2. The molecule has 0 saturated carbocycles. The predicted octanol–water partition coefficient (Wildman–Crippen LogP) is 2.17. The largest absolute Gasteiger partial charge is 0.345 e. The highest BCUT2D eigenvalue weighted by Gasteiger charge is 2.23. The van der Waals surface area contributed by atoms with Gasteiger partial charge in [-0.3, -0.25) is 4.79 Å². The first kappa shape index (κ1) is 15.7. The van der Waals surface area contributed by atoms with Crippen LogP contribution in [0.3, 0.4) is 0 Å². The summed E-state index contributed by atoms with van der Waals surface area (Å²) in [4.78, 5) is 15.8. The van der Waals surface area contributed by atoms with Crippen LogP contribution in [-0.4, -0.2) is 52.7 Å².